The minimum atomic E-state index is -0.464. The Morgan fingerprint density at radius 1 is 1.20 bits per heavy atom. The predicted molar refractivity (Wildman–Crippen MR) is 76.1 cm³/mol. The van der Waals surface area contributed by atoms with Crippen LogP contribution in [-0.4, -0.2) is 55.8 Å². The van der Waals surface area contributed by atoms with E-state index < -0.39 is 6.04 Å². The van der Waals surface area contributed by atoms with Gasteiger partial charge in [-0.3, -0.25) is 19.3 Å². The normalized spacial score (nSPS) is 14.0. The van der Waals surface area contributed by atoms with Crippen molar-refractivity contribution in [3.63, 3.8) is 0 Å². The topological polar surface area (TPSA) is 75.7 Å². The molecule has 0 heterocycles. The van der Waals surface area contributed by atoms with Crippen molar-refractivity contribution in [2.24, 2.45) is 11.8 Å². The van der Waals surface area contributed by atoms with Gasteiger partial charge in [0.15, 0.2) is 5.78 Å². The number of amides is 1. The zero-order valence-corrected chi connectivity index (χ0v) is 13.2. The van der Waals surface area contributed by atoms with E-state index in [1.165, 1.54) is 14.0 Å². The van der Waals surface area contributed by atoms with Crippen LogP contribution >= 0.6 is 0 Å². The first-order chi connectivity index (χ1) is 9.18. The molecule has 0 aromatic heterocycles. The fraction of sp³-hybridized carbons (Fsp3) is 0.786. The second-order valence-corrected chi connectivity index (χ2v) is 5.52. The Morgan fingerprint density at radius 2 is 1.75 bits per heavy atom. The van der Waals surface area contributed by atoms with Crippen LogP contribution in [0.1, 0.15) is 27.7 Å². The number of carbonyl (C=O) groups excluding carboxylic acids is 3. The van der Waals surface area contributed by atoms with Crippen molar-refractivity contribution in [2.45, 2.75) is 33.7 Å². The van der Waals surface area contributed by atoms with E-state index in [9.17, 15) is 14.4 Å². The molecule has 0 saturated heterocycles. The second kappa shape index (κ2) is 8.68. The third kappa shape index (κ3) is 6.65. The number of esters is 1. The van der Waals surface area contributed by atoms with E-state index in [1.54, 1.807) is 18.9 Å². The van der Waals surface area contributed by atoms with Crippen molar-refractivity contribution >= 4 is 17.7 Å². The average molecular weight is 286 g/mol. The predicted octanol–water partition coefficient (Wildman–Crippen LogP) is 0.457. The van der Waals surface area contributed by atoms with Crippen molar-refractivity contribution in [3.05, 3.63) is 0 Å². The summed E-state index contributed by atoms with van der Waals surface area (Å²) in [5.74, 6) is -0.833. The Morgan fingerprint density at radius 3 is 2.15 bits per heavy atom. The van der Waals surface area contributed by atoms with Gasteiger partial charge in [0.25, 0.3) is 0 Å². The summed E-state index contributed by atoms with van der Waals surface area (Å²) < 4.78 is 4.63. The molecule has 2 atom stereocenters. The molecule has 0 aliphatic rings. The van der Waals surface area contributed by atoms with Crippen molar-refractivity contribution in [2.75, 3.05) is 27.2 Å². The number of hydrogen-bond donors (Lipinski definition) is 1. The lowest BCUT2D eigenvalue weighted by atomic mass is 10.0. The Hall–Kier alpha value is -1.43. The van der Waals surface area contributed by atoms with Crippen LogP contribution in [-0.2, 0) is 19.1 Å². The van der Waals surface area contributed by atoms with Crippen molar-refractivity contribution < 1.29 is 19.1 Å². The van der Waals surface area contributed by atoms with E-state index in [-0.39, 0.29) is 36.0 Å². The number of carbonyl (C=O) groups is 3. The van der Waals surface area contributed by atoms with Crippen LogP contribution in [0.15, 0.2) is 0 Å². The summed E-state index contributed by atoms with van der Waals surface area (Å²) in [6.07, 6.45) is 0. The summed E-state index contributed by atoms with van der Waals surface area (Å²) in [5.41, 5.74) is 0. The Bertz CT molecular complexity index is 355. The lowest BCUT2D eigenvalue weighted by Crippen LogP contribution is -2.47. The number of methoxy groups -OCH3 is 1. The number of hydrogen-bond acceptors (Lipinski definition) is 5. The van der Waals surface area contributed by atoms with Gasteiger partial charge in [0.05, 0.1) is 25.6 Å². The molecule has 0 saturated carbocycles. The lowest BCUT2D eigenvalue weighted by molar-refractivity contribution is -0.145. The van der Waals surface area contributed by atoms with Gasteiger partial charge in [0, 0.05) is 6.54 Å². The van der Waals surface area contributed by atoms with Crippen LogP contribution in [0.2, 0.25) is 0 Å². The van der Waals surface area contributed by atoms with E-state index in [4.69, 9.17) is 0 Å². The lowest BCUT2D eigenvalue weighted by Gasteiger charge is -2.23. The summed E-state index contributed by atoms with van der Waals surface area (Å²) in [6, 6.07) is -0.464. The Kier molecular flexibility index (Phi) is 8.06. The van der Waals surface area contributed by atoms with Gasteiger partial charge in [0.2, 0.25) is 5.91 Å². The molecule has 20 heavy (non-hydrogen) atoms. The number of rotatable bonds is 8. The molecule has 116 valence electrons. The highest BCUT2D eigenvalue weighted by Crippen LogP contribution is 2.04. The number of Topliss-reactive ketones (excluding diaryl/α,β-unsaturated/α-hetero) is 1. The highest BCUT2D eigenvalue weighted by Gasteiger charge is 2.22. The molecule has 1 amide bonds. The molecule has 0 bridgehead atoms. The largest absolute Gasteiger partial charge is 0.469 e. The molecule has 0 aromatic rings. The number of ether oxygens (including phenoxy) is 1. The van der Waals surface area contributed by atoms with Crippen molar-refractivity contribution in [3.8, 4) is 0 Å². The molecule has 0 aliphatic heterocycles. The second-order valence-electron chi connectivity index (χ2n) is 5.52. The van der Waals surface area contributed by atoms with Gasteiger partial charge in [-0.05, 0) is 19.9 Å². The fourth-order valence-electron chi connectivity index (χ4n) is 2.01. The first kappa shape index (κ1) is 18.6. The van der Waals surface area contributed by atoms with Crippen LogP contribution in [0.3, 0.4) is 0 Å². The first-order valence-electron chi connectivity index (χ1n) is 6.75. The summed E-state index contributed by atoms with van der Waals surface area (Å²) in [7, 11) is 3.09. The van der Waals surface area contributed by atoms with Gasteiger partial charge in [-0.2, -0.15) is 0 Å². The molecule has 0 radical (unpaired) electrons. The standard InChI is InChI=1S/C14H26N2O4/c1-9(2)13(11(4)17)15-12(18)8-16(5)7-10(3)14(19)20-6/h9-10,13H,7-8H2,1-6H3,(H,15,18). The summed E-state index contributed by atoms with van der Waals surface area (Å²) in [6.45, 7) is 7.54. The minimum Gasteiger partial charge on any atom is -0.469 e. The van der Waals surface area contributed by atoms with E-state index in [0.29, 0.717) is 6.54 Å². The van der Waals surface area contributed by atoms with Crippen LogP contribution < -0.4 is 5.32 Å². The van der Waals surface area contributed by atoms with Crippen LogP contribution in [0, 0.1) is 11.8 Å². The molecule has 0 spiro atoms. The molecule has 0 fully saturated rings. The number of ketones is 1. The quantitative estimate of drug-likeness (QED) is 0.656. The molecule has 0 aromatic carbocycles. The van der Waals surface area contributed by atoms with E-state index in [0.717, 1.165) is 0 Å². The summed E-state index contributed by atoms with van der Waals surface area (Å²) >= 11 is 0. The third-order valence-electron chi connectivity index (χ3n) is 3.02. The number of nitrogens with one attached hydrogen (secondary N) is 1. The Balaban J connectivity index is 4.32. The van der Waals surface area contributed by atoms with Gasteiger partial charge in [-0.15, -0.1) is 0 Å². The van der Waals surface area contributed by atoms with Crippen LogP contribution in [0.5, 0.6) is 0 Å². The minimum absolute atomic E-state index is 0.0516. The zero-order chi connectivity index (χ0) is 15.9. The fourth-order valence-corrected chi connectivity index (χ4v) is 2.01. The van der Waals surface area contributed by atoms with Gasteiger partial charge in [-0.1, -0.05) is 20.8 Å². The van der Waals surface area contributed by atoms with Gasteiger partial charge >= 0.3 is 5.97 Å². The molecule has 6 nitrogen and oxygen atoms in total. The molecule has 6 heteroatoms. The highest BCUT2D eigenvalue weighted by atomic mass is 16.5. The first-order valence-corrected chi connectivity index (χ1v) is 6.75. The van der Waals surface area contributed by atoms with Gasteiger partial charge in [0.1, 0.15) is 0 Å². The monoisotopic (exact) mass is 286 g/mol. The van der Waals surface area contributed by atoms with E-state index in [2.05, 4.69) is 10.1 Å². The smallest absolute Gasteiger partial charge is 0.309 e. The highest BCUT2D eigenvalue weighted by molar-refractivity contribution is 5.88. The van der Waals surface area contributed by atoms with Crippen molar-refractivity contribution in [1.29, 1.82) is 0 Å². The SMILES string of the molecule is COC(=O)C(C)CN(C)CC(=O)NC(C(C)=O)C(C)C. The van der Waals surface area contributed by atoms with Gasteiger partial charge in [-0.25, -0.2) is 0 Å². The number of likely N-dealkylation sites (N-methyl/N-ethyl adjacent to an activating group) is 1. The van der Waals surface area contributed by atoms with E-state index in [1.807, 2.05) is 13.8 Å². The maximum Gasteiger partial charge on any atom is 0.309 e. The summed E-state index contributed by atoms with van der Waals surface area (Å²) in [5, 5.41) is 2.72. The van der Waals surface area contributed by atoms with Gasteiger partial charge < -0.3 is 10.1 Å². The Labute approximate surface area is 120 Å². The molecule has 2 unspecified atom stereocenters. The molecule has 0 aliphatic carbocycles. The molecular weight excluding hydrogens is 260 g/mol. The maximum atomic E-state index is 11.9. The molecular formula is C14H26N2O4. The van der Waals surface area contributed by atoms with Crippen LogP contribution in [0.4, 0.5) is 0 Å². The molecule has 0 rings (SSSR count). The molecule has 1 N–H and O–H groups in total. The summed E-state index contributed by atoms with van der Waals surface area (Å²) in [4.78, 5) is 36.3. The number of nitrogens with zero attached hydrogens (tertiary/aromatic N) is 1. The zero-order valence-electron chi connectivity index (χ0n) is 13.2. The maximum absolute atomic E-state index is 11.9. The van der Waals surface area contributed by atoms with Crippen LogP contribution in [0.25, 0.3) is 0 Å². The van der Waals surface area contributed by atoms with Crippen molar-refractivity contribution in [1.82, 2.24) is 10.2 Å². The third-order valence-corrected chi connectivity index (χ3v) is 3.02. The van der Waals surface area contributed by atoms with E-state index >= 15 is 0 Å². The average Bonchev–Trinajstić information content (AvgIpc) is 2.33.